The molecule has 6 amide bonds. The smallest absolute Gasteiger partial charge is 0.246 e. The Labute approximate surface area is 437 Å². The largest absolute Gasteiger partial charge is 0.488 e. The first kappa shape index (κ1) is 56.3. The lowest BCUT2D eigenvalue weighted by Crippen LogP contribution is -2.57. The van der Waals surface area contributed by atoms with Crippen LogP contribution in [0.5, 0.6) is 5.75 Å². The lowest BCUT2D eigenvalue weighted by molar-refractivity contribution is -0.144. The molecule has 0 spiro atoms. The number of likely N-dealkylation sites (tertiary alicyclic amines) is 1. The Kier molecular flexibility index (Phi) is 18.8. The fraction of sp³-hybridized carbons (Fsp3) is 0.500. The molecule has 7 atom stereocenters. The molecule has 1 saturated heterocycles. The van der Waals surface area contributed by atoms with Crippen molar-refractivity contribution < 1.29 is 43.0 Å². The molecule has 16 nitrogen and oxygen atoms in total. The van der Waals surface area contributed by atoms with E-state index in [-0.39, 0.29) is 74.8 Å². The fourth-order valence-corrected chi connectivity index (χ4v) is 10.8. The fourth-order valence-electron chi connectivity index (χ4n) is 9.99. The third-order valence-electron chi connectivity index (χ3n) is 13.9. The third-order valence-corrected chi connectivity index (χ3v) is 14.9. The van der Waals surface area contributed by atoms with E-state index in [1.807, 2.05) is 84.0 Å². The van der Waals surface area contributed by atoms with Crippen molar-refractivity contribution in [3.8, 4) is 16.2 Å². The number of para-hydroxylation sites is 1. The highest BCUT2D eigenvalue weighted by molar-refractivity contribution is 7.13. The summed E-state index contributed by atoms with van der Waals surface area (Å²) in [4.78, 5) is 88.8. The van der Waals surface area contributed by atoms with E-state index < -0.39 is 71.2 Å². The molecule has 0 bridgehead atoms. The number of unbranched alkanes of at least 4 members (excludes halogenated alkanes) is 2. The van der Waals surface area contributed by atoms with Gasteiger partial charge in [-0.15, -0.1) is 23.7 Å². The number of aromatic nitrogens is 1. The standard InChI is InChI=1S/C54H69FN8O8S.ClH/c1-30-23-36(46(55)43(24-30)71-28-38(20-22-44(57)65)60-51(68)42-25-37-13-10-12-34-19-21-40(56)52(69)63(42)47(34)37)11-8-7-9-14-45(66)61-49(54(4,5)6)53(70)62-27-39(64)26-41(62)50(67)59-31(2)33-15-17-35(18-16-33)48-32(3)58-29-72-48;/h10,12-13,15-18,23-24,29,31,38-42,49,64H,7-9,11,14,19-22,25-28,56H2,1-6H3,(H2,57,65)(H,59,67)(H,60,68)(H,61,66);1H/t31-,38-,39+,40-,41-,42-,49+;/m0./s1. The summed E-state index contributed by atoms with van der Waals surface area (Å²) in [5.41, 5.74) is 19.4. The summed E-state index contributed by atoms with van der Waals surface area (Å²) in [6.45, 7) is 10.9. The molecule has 0 aliphatic carbocycles. The van der Waals surface area contributed by atoms with Crippen LogP contribution < -0.4 is 37.1 Å². The number of hydrogen-bond acceptors (Lipinski definition) is 11. The third kappa shape index (κ3) is 13.6. The molecule has 0 saturated carbocycles. The molecule has 3 aliphatic rings. The molecule has 1 aromatic heterocycles. The number of carbonyl (C=O) groups is 6. The number of ether oxygens (including phenoxy) is 1. The van der Waals surface area contributed by atoms with E-state index >= 15 is 4.39 Å². The van der Waals surface area contributed by atoms with Gasteiger partial charge in [-0.05, 0) is 104 Å². The van der Waals surface area contributed by atoms with Crippen molar-refractivity contribution in [3.63, 3.8) is 0 Å². The van der Waals surface area contributed by atoms with Gasteiger partial charge in [-0.1, -0.05) is 75.7 Å². The first-order chi connectivity index (χ1) is 34.2. The van der Waals surface area contributed by atoms with E-state index in [2.05, 4.69) is 20.9 Å². The molecule has 0 radical (unpaired) electrons. The number of β-amino-alcohol motifs (C(OH)–C–C–N with tert-alkyl or cyclic N) is 1. The monoisotopic (exact) mass is 1040 g/mol. The molecule has 0 unspecified atom stereocenters. The van der Waals surface area contributed by atoms with Gasteiger partial charge in [0.25, 0.3) is 0 Å². The maximum absolute atomic E-state index is 16.1. The number of rotatable bonds is 20. The number of hydrogen-bond donors (Lipinski definition) is 6. The van der Waals surface area contributed by atoms with Crippen LogP contribution in [0.15, 0.2) is 60.1 Å². The van der Waals surface area contributed by atoms with Crippen LogP contribution in [0.3, 0.4) is 0 Å². The Morgan fingerprint density at radius 3 is 2.36 bits per heavy atom. The van der Waals surface area contributed by atoms with Crippen molar-refractivity contribution in [1.29, 1.82) is 0 Å². The highest BCUT2D eigenvalue weighted by Gasteiger charge is 2.46. The molecule has 7 rings (SSSR count). The van der Waals surface area contributed by atoms with Gasteiger partial charge >= 0.3 is 0 Å². The van der Waals surface area contributed by atoms with E-state index in [0.29, 0.717) is 50.5 Å². The molecule has 8 N–H and O–H groups in total. The SMILES string of the molecule is Cc1cc(CCCCCC(=O)N[C@H](C(=O)N2C[C@H](O)C[C@H]2C(=O)N[C@@H](C)c2ccc(-c3scnc3C)cc2)C(C)(C)C)c(F)c(OC[C@H](CCC(N)=O)NC(=O)[C@@H]2Cc3cccc4c3N2C(=O)[C@@H](N)CC4)c1.Cl. The highest BCUT2D eigenvalue weighted by Crippen LogP contribution is 2.39. The van der Waals surface area contributed by atoms with Gasteiger partial charge in [0.1, 0.15) is 24.7 Å². The van der Waals surface area contributed by atoms with Gasteiger partial charge in [0.2, 0.25) is 35.4 Å². The van der Waals surface area contributed by atoms with Crippen LogP contribution in [-0.4, -0.2) is 99.9 Å². The van der Waals surface area contributed by atoms with Crippen molar-refractivity contribution in [2.24, 2.45) is 16.9 Å². The number of aliphatic hydroxyl groups is 1. The van der Waals surface area contributed by atoms with E-state index in [9.17, 15) is 33.9 Å². The predicted octanol–water partition coefficient (Wildman–Crippen LogP) is 5.82. The van der Waals surface area contributed by atoms with Crippen LogP contribution in [0, 0.1) is 25.1 Å². The molecule has 4 heterocycles. The number of amides is 6. The number of aryl methyl sites for hydroxylation is 4. The minimum absolute atomic E-state index is 0. The van der Waals surface area contributed by atoms with Crippen LogP contribution in [0.25, 0.3) is 10.4 Å². The number of nitrogens with zero attached hydrogens (tertiary/aromatic N) is 3. The Morgan fingerprint density at radius 2 is 1.67 bits per heavy atom. The number of thiazole rings is 1. The van der Waals surface area contributed by atoms with Crippen molar-refractivity contribution in [1.82, 2.24) is 25.8 Å². The van der Waals surface area contributed by atoms with Gasteiger partial charge in [-0.25, -0.2) is 9.37 Å². The van der Waals surface area contributed by atoms with Gasteiger partial charge in [-0.3, -0.25) is 33.7 Å². The minimum atomic E-state index is -0.972. The molecule has 19 heteroatoms. The van der Waals surface area contributed by atoms with Crippen molar-refractivity contribution in [3.05, 3.63) is 99.4 Å². The highest BCUT2D eigenvalue weighted by atomic mass is 35.5. The Hall–Kier alpha value is -5.95. The second-order valence-electron chi connectivity index (χ2n) is 20.7. The number of primary amides is 1. The first-order valence-corrected chi connectivity index (χ1v) is 25.9. The summed E-state index contributed by atoms with van der Waals surface area (Å²) in [6, 6.07) is 12.3. The van der Waals surface area contributed by atoms with Crippen molar-refractivity contribution in [2.75, 3.05) is 18.1 Å². The van der Waals surface area contributed by atoms with E-state index in [4.69, 9.17) is 16.2 Å². The van der Waals surface area contributed by atoms with Crippen LogP contribution in [-0.2, 0) is 48.0 Å². The summed E-state index contributed by atoms with van der Waals surface area (Å²) in [6.07, 6.45) is 2.66. The molecule has 3 aromatic carbocycles. The number of nitrogens with one attached hydrogen (secondary N) is 3. The molecular weight excluding hydrogens is 975 g/mol. The second kappa shape index (κ2) is 24.4. The normalized spacial score (nSPS) is 19.5. The topological polar surface area (TPSA) is 239 Å². The summed E-state index contributed by atoms with van der Waals surface area (Å²) in [5.74, 6) is -3.09. The number of nitrogens with two attached hydrogens (primary N) is 2. The van der Waals surface area contributed by atoms with Crippen molar-refractivity contribution >= 4 is 64.9 Å². The second-order valence-corrected chi connectivity index (χ2v) is 21.6. The zero-order valence-electron chi connectivity index (χ0n) is 42.5. The van der Waals surface area contributed by atoms with Gasteiger partial charge < -0.3 is 42.2 Å². The van der Waals surface area contributed by atoms with Gasteiger partial charge in [0.15, 0.2) is 11.6 Å². The number of carbonyl (C=O) groups excluding carboxylic acids is 6. The Balaban J connectivity index is 0.00000869. The lowest BCUT2D eigenvalue weighted by Gasteiger charge is -2.35. The van der Waals surface area contributed by atoms with Crippen LogP contribution in [0.2, 0.25) is 0 Å². The minimum Gasteiger partial charge on any atom is -0.488 e. The van der Waals surface area contributed by atoms with E-state index in [0.717, 1.165) is 44.1 Å². The summed E-state index contributed by atoms with van der Waals surface area (Å²) < 4.78 is 22.1. The number of halogens is 2. The zero-order valence-corrected chi connectivity index (χ0v) is 44.1. The summed E-state index contributed by atoms with van der Waals surface area (Å²) in [5, 5.41) is 19.6. The lowest BCUT2D eigenvalue weighted by atomic mass is 9.85. The van der Waals surface area contributed by atoms with E-state index in [1.54, 1.807) is 29.0 Å². The molecule has 73 heavy (non-hydrogen) atoms. The van der Waals surface area contributed by atoms with Gasteiger partial charge in [0, 0.05) is 32.2 Å². The Morgan fingerprint density at radius 1 is 0.959 bits per heavy atom. The maximum Gasteiger partial charge on any atom is 0.246 e. The molecule has 4 aromatic rings. The van der Waals surface area contributed by atoms with Gasteiger partial charge in [-0.2, -0.15) is 0 Å². The number of benzene rings is 3. The van der Waals surface area contributed by atoms with Crippen molar-refractivity contribution in [2.45, 2.75) is 155 Å². The molecule has 394 valence electrons. The van der Waals surface area contributed by atoms with Crippen LogP contribution in [0.1, 0.15) is 119 Å². The van der Waals surface area contributed by atoms with Crippen LogP contribution in [0.4, 0.5) is 10.1 Å². The molecule has 1 fully saturated rings. The summed E-state index contributed by atoms with van der Waals surface area (Å²) >= 11 is 1.56. The van der Waals surface area contributed by atoms with E-state index in [1.165, 1.54) is 9.80 Å². The zero-order chi connectivity index (χ0) is 52.0. The predicted molar refractivity (Wildman–Crippen MR) is 280 cm³/mol. The molecule has 3 aliphatic heterocycles. The van der Waals surface area contributed by atoms with Gasteiger partial charge in [0.05, 0.1) is 46.0 Å². The van der Waals surface area contributed by atoms with Crippen LogP contribution >= 0.6 is 23.7 Å². The summed E-state index contributed by atoms with van der Waals surface area (Å²) in [7, 11) is 0. The number of aliphatic hydroxyl groups excluding tert-OH is 1. The molecular formula is C54H70ClFN8O8S. The Bertz CT molecular complexity index is 2660. The maximum atomic E-state index is 16.1. The number of anilines is 1. The average molecular weight is 1050 g/mol. The average Bonchev–Trinajstić information content (AvgIpc) is 4.05. The quantitative estimate of drug-likeness (QED) is 0.0580. The first-order valence-electron chi connectivity index (χ1n) is 25.0.